The molecule has 2 heterocycles. The van der Waals surface area contributed by atoms with Gasteiger partial charge < -0.3 is 9.13 Å². The Morgan fingerprint density at radius 2 is 1.76 bits per heavy atom. The van der Waals surface area contributed by atoms with Gasteiger partial charge in [0.25, 0.3) is 5.56 Å². The molecular weight excluding hydrogens is 441 g/mol. The van der Waals surface area contributed by atoms with E-state index in [-0.39, 0.29) is 17.5 Å². The van der Waals surface area contributed by atoms with E-state index in [2.05, 4.69) is 4.98 Å². The van der Waals surface area contributed by atoms with Gasteiger partial charge >= 0.3 is 0 Å². The summed E-state index contributed by atoms with van der Waals surface area (Å²) in [7, 11) is 0. The van der Waals surface area contributed by atoms with Crippen LogP contribution in [0.2, 0.25) is 0 Å². The Labute approximate surface area is 194 Å². The highest BCUT2D eigenvalue weighted by atomic mass is 19.2. The molecule has 1 atom stereocenters. The molecule has 2 aromatic heterocycles. The van der Waals surface area contributed by atoms with Crippen molar-refractivity contribution in [2.24, 2.45) is 0 Å². The van der Waals surface area contributed by atoms with Crippen molar-refractivity contribution in [3.8, 4) is 11.8 Å². The number of nitriles is 1. The molecule has 0 amide bonds. The lowest BCUT2D eigenvalue weighted by atomic mass is 10.0. The summed E-state index contributed by atoms with van der Waals surface area (Å²) in [5.74, 6) is -4.25. The Balaban J connectivity index is 1.71. The van der Waals surface area contributed by atoms with Crippen LogP contribution in [0.1, 0.15) is 46.5 Å². The largest absolute Gasteiger partial charge is 0.307 e. The summed E-state index contributed by atoms with van der Waals surface area (Å²) in [5, 5.41) is 9.49. The Morgan fingerprint density at radius 1 is 1.06 bits per heavy atom. The normalized spacial score (nSPS) is 11.9. The molecule has 172 valence electrons. The highest BCUT2D eigenvalue weighted by molar-refractivity contribution is 5.44. The second kappa shape index (κ2) is 9.02. The van der Waals surface area contributed by atoms with Crippen molar-refractivity contribution in [2.75, 3.05) is 0 Å². The highest BCUT2D eigenvalue weighted by Crippen LogP contribution is 2.23. The SMILES string of the molecule is Cc1cn(-c2ccc(Cc3cc(C#N)cn([C@@H](C)c4cc(F)c(F)c(F)c4)c3=O)cc2C)cn1. The third-order valence-corrected chi connectivity index (χ3v) is 5.80. The van der Waals surface area contributed by atoms with E-state index in [0.717, 1.165) is 34.6 Å². The molecular formula is C26H21F3N4O. The van der Waals surface area contributed by atoms with Crippen LogP contribution in [-0.2, 0) is 6.42 Å². The lowest BCUT2D eigenvalue weighted by Crippen LogP contribution is -2.27. The van der Waals surface area contributed by atoms with Gasteiger partial charge in [-0.25, -0.2) is 18.2 Å². The van der Waals surface area contributed by atoms with E-state index in [9.17, 15) is 23.2 Å². The van der Waals surface area contributed by atoms with Gasteiger partial charge in [-0.15, -0.1) is 0 Å². The van der Waals surface area contributed by atoms with E-state index in [4.69, 9.17) is 0 Å². The summed E-state index contributed by atoms with van der Waals surface area (Å²) in [4.78, 5) is 17.5. The molecule has 0 fully saturated rings. The molecule has 5 nitrogen and oxygen atoms in total. The van der Waals surface area contributed by atoms with Crippen LogP contribution in [0.15, 0.2) is 59.9 Å². The van der Waals surface area contributed by atoms with Crippen LogP contribution in [0.4, 0.5) is 13.2 Å². The van der Waals surface area contributed by atoms with Gasteiger partial charge in [0, 0.05) is 30.1 Å². The fraction of sp³-hybridized carbons (Fsp3) is 0.192. The Bertz CT molecular complexity index is 1470. The minimum absolute atomic E-state index is 0.0790. The number of hydrogen-bond acceptors (Lipinski definition) is 3. The highest BCUT2D eigenvalue weighted by Gasteiger charge is 2.18. The summed E-state index contributed by atoms with van der Waals surface area (Å²) < 4.78 is 44.1. The Morgan fingerprint density at radius 3 is 2.35 bits per heavy atom. The summed E-state index contributed by atoms with van der Waals surface area (Å²) in [6.45, 7) is 5.42. The molecule has 8 heteroatoms. The van der Waals surface area contributed by atoms with Crippen LogP contribution in [-0.4, -0.2) is 14.1 Å². The van der Waals surface area contributed by atoms with Crippen molar-refractivity contribution >= 4 is 0 Å². The zero-order chi connectivity index (χ0) is 24.6. The van der Waals surface area contributed by atoms with Gasteiger partial charge in [-0.2, -0.15) is 5.26 Å². The third-order valence-electron chi connectivity index (χ3n) is 5.80. The van der Waals surface area contributed by atoms with Gasteiger partial charge in [-0.1, -0.05) is 12.1 Å². The second-order valence-electron chi connectivity index (χ2n) is 8.27. The minimum Gasteiger partial charge on any atom is -0.307 e. The fourth-order valence-electron chi connectivity index (χ4n) is 4.00. The molecule has 4 aromatic rings. The first-order valence-corrected chi connectivity index (χ1v) is 10.6. The average molecular weight is 462 g/mol. The van der Waals surface area contributed by atoms with Crippen LogP contribution in [0.5, 0.6) is 0 Å². The smallest absolute Gasteiger partial charge is 0.254 e. The summed E-state index contributed by atoms with van der Waals surface area (Å²) in [5.41, 5.74) is 3.97. The van der Waals surface area contributed by atoms with Crippen molar-refractivity contribution in [3.05, 3.63) is 116 Å². The molecule has 0 aliphatic rings. The molecule has 4 rings (SSSR count). The molecule has 0 aliphatic heterocycles. The monoisotopic (exact) mass is 462 g/mol. The number of pyridine rings is 1. The lowest BCUT2D eigenvalue weighted by molar-refractivity contribution is 0.442. The minimum atomic E-state index is -1.57. The Hall–Kier alpha value is -4.12. The van der Waals surface area contributed by atoms with Gasteiger partial charge in [0.1, 0.15) is 6.07 Å². The van der Waals surface area contributed by atoms with Crippen LogP contribution >= 0.6 is 0 Å². The Kier molecular flexibility index (Phi) is 6.12. The van der Waals surface area contributed by atoms with Crippen LogP contribution in [0.3, 0.4) is 0 Å². The summed E-state index contributed by atoms with van der Waals surface area (Å²) in [6, 6.07) is 10.2. The van der Waals surface area contributed by atoms with Crippen molar-refractivity contribution in [1.29, 1.82) is 5.26 Å². The third kappa shape index (κ3) is 4.37. The van der Waals surface area contributed by atoms with Gasteiger partial charge in [0.2, 0.25) is 0 Å². The molecule has 0 bridgehead atoms. The number of rotatable bonds is 5. The van der Waals surface area contributed by atoms with E-state index in [0.29, 0.717) is 5.56 Å². The van der Waals surface area contributed by atoms with Gasteiger partial charge in [-0.05, 0) is 61.7 Å². The number of benzene rings is 2. The van der Waals surface area contributed by atoms with E-state index in [1.165, 1.54) is 16.8 Å². The maximum absolute atomic E-state index is 13.8. The van der Waals surface area contributed by atoms with E-state index in [1.807, 2.05) is 48.9 Å². The predicted molar refractivity (Wildman–Crippen MR) is 121 cm³/mol. The lowest BCUT2D eigenvalue weighted by Gasteiger charge is -2.18. The van der Waals surface area contributed by atoms with Crippen molar-refractivity contribution in [3.63, 3.8) is 0 Å². The van der Waals surface area contributed by atoms with Gasteiger partial charge in [0.05, 0.1) is 23.6 Å². The van der Waals surface area contributed by atoms with Gasteiger partial charge in [0.15, 0.2) is 17.5 Å². The van der Waals surface area contributed by atoms with Crippen LogP contribution in [0, 0.1) is 42.6 Å². The van der Waals surface area contributed by atoms with Gasteiger partial charge in [-0.3, -0.25) is 4.79 Å². The standard InChI is InChI=1S/C26H21F3N4O/c1-15-6-18(4-5-24(15)32-12-16(2)31-14-32)7-21-8-19(11-30)13-33(26(21)34)17(3)20-9-22(27)25(29)23(28)10-20/h4-6,8-10,12-14,17H,7H2,1-3H3/t17-/m0/s1. The quantitative estimate of drug-likeness (QED) is 0.386. The zero-order valence-corrected chi connectivity index (χ0v) is 18.8. The molecule has 0 saturated carbocycles. The van der Waals surface area contributed by atoms with E-state index in [1.54, 1.807) is 13.3 Å². The van der Waals surface area contributed by atoms with Crippen molar-refractivity contribution in [1.82, 2.24) is 14.1 Å². The number of nitrogens with zero attached hydrogens (tertiary/aromatic N) is 4. The average Bonchev–Trinajstić information content (AvgIpc) is 3.24. The molecule has 34 heavy (non-hydrogen) atoms. The molecule has 0 radical (unpaired) electrons. The fourth-order valence-corrected chi connectivity index (χ4v) is 4.00. The molecule has 0 N–H and O–H groups in total. The van der Waals surface area contributed by atoms with Crippen LogP contribution < -0.4 is 5.56 Å². The summed E-state index contributed by atoms with van der Waals surface area (Å²) >= 11 is 0. The first-order chi connectivity index (χ1) is 16.2. The van der Waals surface area contributed by atoms with E-state index >= 15 is 0 Å². The molecule has 0 saturated heterocycles. The first kappa shape index (κ1) is 23.1. The molecule has 2 aromatic carbocycles. The van der Waals surface area contributed by atoms with Crippen molar-refractivity contribution in [2.45, 2.75) is 33.2 Å². The molecule has 0 aliphatic carbocycles. The second-order valence-corrected chi connectivity index (χ2v) is 8.27. The van der Waals surface area contributed by atoms with Crippen molar-refractivity contribution < 1.29 is 13.2 Å². The predicted octanol–water partition coefficient (Wildman–Crippen LogP) is 5.14. The maximum Gasteiger partial charge on any atom is 0.254 e. The topological polar surface area (TPSA) is 63.6 Å². The number of hydrogen-bond donors (Lipinski definition) is 0. The number of imidazole rings is 1. The van der Waals surface area contributed by atoms with Crippen LogP contribution in [0.25, 0.3) is 5.69 Å². The molecule has 0 unspecified atom stereocenters. The van der Waals surface area contributed by atoms with E-state index < -0.39 is 29.1 Å². The zero-order valence-electron chi connectivity index (χ0n) is 18.8. The number of halogens is 3. The number of aryl methyl sites for hydroxylation is 2. The number of aromatic nitrogens is 3. The molecule has 0 spiro atoms. The summed E-state index contributed by atoms with van der Waals surface area (Å²) in [6.07, 6.45) is 5.25. The first-order valence-electron chi connectivity index (χ1n) is 10.6. The maximum atomic E-state index is 13.8.